The molecule has 6 heteroatoms. The molecule has 1 amide bonds. The molecule has 0 fully saturated rings. The summed E-state index contributed by atoms with van der Waals surface area (Å²) in [6.45, 7) is 3.64. The molecule has 1 aromatic carbocycles. The summed E-state index contributed by atoms with van der Waals surface area (Å²) in [6, 6.07) is 5.13. The maximum absolute atomic E-state index is 11.8. The van der Waals surface area contributed by atoms with E-state index in [1.165, 1.54) is 11.8 Å². The zero-order valence-corrected chi connectivity index (χ0v) is 13.2. The monoisotopic (exact) mass is 321 g/mol. The fourth-order valence-corrected chi connectivity index (χ4v) is 2.64. The van der Waals surface area contributed by atoms with Gasteiger partial charge in [0.05, 0.1) is 22.9 Å². The number of hydrogen-bond donors (Lipinski definition) is 2. The molecule has 1 rings (SSSR count). The van der Waals surface area contributed by atoms with Gasteiger partial charge in [-0.1, -0.05) is 30.1 Å². The normalized spacial score (nSPS) is 13.9. The van der Waals surface area contributed by atoms with Gasteiger partial charge < -0.3 is 10.4 Å². The van der Waals surface area contributed by atoms with Crippen molar-refractivity contribution in [3.05, 3.63) is 28.2 Å². The van der Waals surface area contributed by atoms with Crippen molar-refractivity contribution >= 4 is 40.9 Å². The molecule has 0 radical (unpaired) electrons. The van der Waals surface area contributed by atoms with Crippen LogP contribution in [0, 0.1) is 0 Å². The molecule has 0 aliphatic rings. The van der Waals surface area contributed by atoms with Gasteiger partial charge in [-0.05, 0) is 31.5 Å². The van der Waals surface area contributed by atoms with E-state index in [-0.39, 0.29) is 18.3 Å². The molecule has 1 aromatic rings. The fraction of sp³-hybridized carbons (Fsp3) is 0.462. The summed E-state index contributed by atoms with van der Waals surface area (Å²) in [5.74, 6) is 0.0924. The van der Waals surface area contributed by atoms with Gasteiger partial charge >= 0.3 is 0 Å². The van der Waals surface area contributed by atoms with Gasteiger partial charge in [-0.3, -0.25) is 4.79 Å². The maximum Gasteiger partial charge on any atom is 0.230 e. The number of carbonyl (C=O) groups excluding carboxylic acids is 1. The molecular weight excluding hydrogens is 305 g/mol. The van der Waals surface area contributed by atoms with Gasteiger partial charge in [-0.15, -0.1) is 11.8 Å². The Morgan fingerprint density at radius 3 is 2.74 bits per heavy atom. The Kier molecular flexibility index (Phi) is 6.47. The highest BCUT2D eigenvalue weighted by Gasteiger charge is 2.23. The highest BCUT2D eigenvalue weighted by atomic mass is 35.5. The number of thioether (sulfide) groups is 1. The minimum Gasteiger partial charge on any atom is -0.394 e. The molecule has 0 aromatic heterocycles. The second-order valence-corrected chi connectivity index (χ2v) is 6.34. The minimum absolute atomic E-state index is 0.0855. The fourth-order valence-electron chi connectivity index (χ4n) is 1.34. The molecule has 0 saturated carbocycles. The molecule has 0 aliphatic heterocycles. The largest absolute Gasteiger partial charge is 0.394 e. The van der Waals surface area contributed by atoms with Crippen molar-refractivity contribution < 1.29 is 9.90 Å². The molecule has 3 nitrogen and oxygen atoms in total. The van der Waals surface area contributed by atoms with E-state index in [0.717, 1.165) is 4.90 Å². The Bertz CT molecular complexity index is 450. The Balaban J connectivity index is 2.57. The van der Waals surface area contributed by atoms with Crippen LogP contribution in [0.15, 0.2) is 23.1 Å². The number of hydrogen-bond acceptors (Lipinski definition) is 3. The molecule has 0 saturated heterocycles. The van der Waals surface area contributed by atoms with Gasteiger partial charge in [0.25, 0.3) is 0 Å². The third-order valence-electron chi connectivity index (χ3n) is 2.82. The lowest BCUT2D eigenvalue weighted by molar-refractivity contribution is -0.120. The SMILES string of the molecule is CCC(C)(CO)NC(=O)CSc1cc(Cl)ccc1Cl. The Hall–Kier alpha value is -0.420. The minimum atomic E-state index is -0.574. The predicted molar refractivity (Wildman–Crippen MR) is 81.1 cm³/mol. The standard InChI is InChI=1S/C13H17Cl2NO2S/c1-3-13(2,8-17)16-12(18)7-19-11-6-9(14)4-5-10(11)15/h4-6,17H,3,7-8H2,1-2H3,(H,16,18). The number of aliphatic hydroxyl groups is 1. The molecular formula is C13H17Cl2NO2S. The first-order valence-electron chi connectivity index (χ1n) is 5.90. The first kappa shape index (κ1) is 16.6. The quantitative estimate of drug-likeness (QED) is 0.790. The molecule has 0 bridgehead atoms. The van der Waals surface area contributed by atoms with Crippen LogP contribution in [0.3, 0.4) is 0 Å². The van der Waals surface area contributed by atoms with Crippen LogP contribution in [0.5, 0.6) is 0 Å². The maximum atomic E-state index is 11.8. The molecule has 0 spiro atoms. The van der Waals surface area contributed by atoms with Gasteiger partial charge in [0, 0.05) is 9.92 Å². The number of carbonyl (C=O) groups is 1. The molecule has 1 unspecified atom stereocenters. The summed E-state index contributed by atoms with van der Waals surface area (Å²) < 4.78 is 0. The average Bonchev–Trinajstić information content (AvgIpc) is 2.39. The number of halogens is 2. The highest BCUT2D eigenvalue weighted by Crippen LogP contribution is 2.29. The van der Waals surface area contributed by atoms with Crippen molar-refractivity contribution in [1.29, 1.82) is 0 Å². The Morgan fingerprint density at radius 1 is 1.47 bits per heavy atom. The van der Waals surface area contributed by atoms with Gasteiger partial charge in [0.2, 0.25) is 5.91 Å². The first-order valence-corrected chi connectivity index (χ1v) is 7.64. The number of rotatable bonds is 6. The number of aliphatic hydroxyl groups excluding tert-OH is 1. The zero-order chi connectivity index (χ0) is 14.5. The summed E-state index contributed by atoms with van der Waals surface area (Å²) in [5, 5.41) is 13.2. The molecule has 19 heavy (non-hydrogen) atoms. The van der Waals surface area contributed by atoms with Crippen LogP contribution in [0.1, 0.15) is 20.3 Å². The van der Waals surface area contributed by atoms with Crippen LogP contribution >= 0.6 is 35.0 Å². The molecule has 1 atom stereocenters. The molecule has 0 aliphatic carbocycles. The van der Waals surface area contributed by atoms with Crippen molar-refractivity contribution in [3.63, 3.8) is 0 Å². The predicted octanol–water partition coefficient (Wildman–Crippen LogP) is 3.36. The van der Waals surface area contributed by atoms with E-state index in [2.05, 4.69) is 5.32 Å². The van der Waals surface area contributed by atoms with Crippen LogP contribution in [0.25, 0.3) is 0 Å². The van der Waals surface area contributed by atoms with Crippen molar-refractivity contribution in [2.24, 2.45) is 0 Å². The smallest absolute Gasteiger partial charge is 0.230 e. The summed E-state index contributed by atoms with van der Waals surface area (Å²) >= 11 is 13.2. The van der Waals surface area contributed by atoms with Gasteiger partial charge in [-0.2, -0.15) is 0 Å². The number of benzene rings is 1. The zero-order valence-electron chi connectivity index (χ0n) is 10.9. The van der Waals surface area contributed by atoms with Crippen LogP contribution in [0.2, 0.25) is 10.0 Å². The second-order valence-electron chi connectivity index (χ2n) is 4.48. The molecule has 2 N–H and O–H groups in total. The third kappa shape index (κ3) is 5.22. The van der Waals surface area contributed by atoms with Crippen molar-refractivity contribution in [3.8, 4) is 0 Å². The number of amides is 1. The van der Waals surface area contributed by atoms with E-state index in [1.54, 1.807) is 18.2 Å². The van der Waals surface area contributed by atoms with Gasteiger partial charge in [0.1, 0.15) is 0 Å². The lowest BCUT2D eigenvalue weighted by atomic mass is 10.0. The molecule has 0 heterocycles. The van der Waals surface area contributed by atoms with Crippen LogP contribution in [0.4, 0.5) is 0 Å². The van der Waals surface area contributed by atoms with E-state index < -0.39 is 5.54 Å². The van der Waals surface area contributed by atoms with E-state index in [9.17, 15) is 9.90 Å². The third-order valence-corrected chi connectivity index (χ3v) is 4.55. The Morgan fingerprint density at radius 2 is 2.16 bits per heavy atom. The topological polar surface area (TPSA) is 49.3 Å². The summed E-state index contributed by atoms with van der Waals surface area (Å²) in [4.78, 5) is 12.6. The van der Waals surface area contributed by atoms with E-state index in [1.807, 2.05) is 13.8 Å². The van der Waals surface area contributed by atoms with E-state index in [0.29, 0.717) is 16.5 Å². The first-order chi connectivity index (χ1) is 8.90. The van der Waals surface area contributed by atoms with E-state index in [4.69, 9.17) is 23.2 Å². The lowest BCUT2D eigenvalue weighted by Gasteiger charge is -2.27. The second kappa shape index (κ2) is 7.39. The van der Waals surface area contributed by atoms with Crippen LogP contribution < -0.4 is 5.32 Å². The van der Waals surface area contributed by atoms with Crippen molar-refractivity contribution in [2.75, 3.05) is 12.4 Å². The van der Waals surface area contributed by atoms with Crippen LogP contribution in [-0.4, -0.2) is 28.9 Å². The van der Waals surface area contributed by atoms with Crippen molar-refractivity contribution in [1.82, 2.24) is 5.32 Å². The van der Waals surface area contributed by atoms with Gasteiger partial charge in [-0.25, -0.2) is 0 Å². The molecule has 106 valence electrons. The van der Waals surface area contributed by atoms with Crippen molar-refractivity contribution in [2.45, 2.75) is 30.7 Å². The van der Waals surface area contributed by atoms with E-state index >= 15 is 0 Å². The summed E-state index contributed by atoms with van der Waals surface area (Å²) in [7, 11) is 0. The summed E-state index contributed by atoms with van der Waals surface area (Å²) in [5.41, 5.74) is -0.574. The lowest BCUT2D eigenvalue weighted by Crippen LogP contribution is -2.49. The number of nitrogens with one attached hydrogen (secondary N) is 1. The van der Waals surface area contributed by atoms with Gasteiger partial charge in [0.15, 0.2) is 0 Å². The summed E-state index contributed by atoms with van der Waals surface area (Å²) in [6.07, 6.45) is 0.665. The highest BCUT2D eigenvalue weighted by molar-refractivity contribution is 8.00. The van der Waals surface area contributed by atoms with Crippen LogP contribution in [-0.2, 0) is 4.79 Å². The Labute approximate surface area is 127 Å². The average molecular weight is 322 g/mol.